The van der Waals surface area contributed by atoms with Gasteiger partial charge in [-0.15, -0.1) is 0 Å². The molecule has 0 bridgehead atoms. The Hall–Kier alpha value is -1.55. The second kappa shape index (κ2) is 7.68. The fraction of sp³-hybridized carbons (Fsp3) is 0.462. The molecule has 2 N–H and O–H groups in total. The van der Waals surface area contributed by atoms with Gasteiger partial charge in [-0.3, -0.25) is 4.79 Å². The summed E-state index contributed by atoms with van der Waals surface area (Å²) in [7, 11) is 1.61. The Bertz CT molecular complexity index is 336. The number of carbonyl (C=O) groups excluding carboxylic acids is 1. The number of ether oxygens (including phenoxy) is 1. The number of carbonyl (C=O) groups is 1. The molecule has 0 atom stereocenters. The average Bonchev–Trinajstić information content (AvgIpc) is 2.38. The Morgan fingerprint density at radius 3 is 2.47 bits per heavy atom. The average molecular weight is 236 g/mol. The van der Waals surface area contributed by atoms with Gasteiger partial charge in [-0.1, -0.05) is 6.92 Å². The molecule has 0 unspecified atom stereocenters. The van der Waals surface area contributed by atoms with E-state index < -0.39 is 0 Å². The van der Waals surface area contributed by atoms with Crippen LogP contribution in [0, 0.1) is 0 Å². The topological polar surface area (TPSA) is 50.4 Å². The molecule has 0 aliphatic carbocycles. The highest BCUT2D eigenvalue weighted by Gasteiger charge is 2.03. The van der Waals surface area contributed by atoms with Gasteiger partial charge >= 0.3 is 0 Å². The fourth-order valence-corrected chi connectivity index (χ4v) is 1.41. The number of nitrogens with one attached hydrogen (secondary N) is 2. The lowest BCUT2D eigenvalue weighted by Crippen LogP contribution is -2.32. The van der Waals surface area contributed by atoms with Crippen molar-refractivity contribution in [1.82, 2.24) is 10.6 Å². The van der Waals surface area contributed by atoms with Crippen molar-refractivity contribution in [1.29, 1.82) is 0 Å². The Kier molecular flexibility index (Phi) is 6.10. The van der Waals surface area contributed by atoms with Crippen LogP contribution in [-0.2, 0) is 0 Å². The third-order valence-corrected chi connectivity index (χ3v) is 2.37. The molecule has 0 fully saturated rings. The molecule has 0 heterocycles. The molecule has 1 aromatic rings. The van der Waals surface area contributed by atoms with Crippen LogP contribution >= 0.6 is 0 Å². The predicted molar refractivity (Wildman–Crippen MR) is 68.5 cm³/mol. The zero-order valence-corrected chi connectivity index (χ0v) is 10.5. The summed E-state index contributed by atoms with van der Waals surface area (Å²) >= 11 is 0. The highest BCUT2D eigenvalue weighted by atomic mass is 16.5. The van der Waals surface area contributed by atoms with E-state index >= 15 is 0 Å². The Morgan fingerprint density at radius 2 is 1.88 bits per heavy atom. The maximum Gasteiger partial charge on any atom is 0.251 e. The van der Waals surface area contributed by atoms with Crippen LogP contribution < -0.4 is 15.4 Å². The zero-order valence-electron chi connectivity index (χ0n) is 10.5. The highest BCUT2D eigenvalue weighted by Crippen LogP contribution is 2.10. The first-order valence-electron chi connectivity index (χ1n) is 5.91. The van der Waals surface area contributed by atoms with Crippen molar-refractivity contribution in [2.45, 2.75) is 13.3 Å². The molecule has 0 saturated carbocycles. The van der Waals surface area contributed by atoms with Crippen LogP contribution in [0.25, 0.3) is 0 Å². The van der Waals surface area contributed by atoms with Crippen molar-refractivity contribution >= 4 is 5.91 Å². The number of amides is 1. The summed E-state index contributed by atoms with van der Waals surface area (Å²) in [5.74, 6) is 0.706. The van der Waals surface area contributed by atoms with Crippen molar-refractivity contribution in [3.8, 4) is 5.75 Å². The van der Waals surface area contributed by atoms with Gasteiger partial charge in [0.15, 0.2) is 0 Å². The lowest BCUT2D eigenvalue weighted by molar-refractivity contribution is 0.0954. The van der Waals surface area contributed by atoms with Gasteiger partial charge in [0, 0.05) is 18.7 Å². The van der Waals surface area contributed by atoms with Crippen molar-refractivity contribution in [2.24, 2.45) is 0 Å². The normalized spacial score (nSPS) is 10.0. The molecule has 17 heavy (non-hydrogen) atoms. The first-order chi connectivity index (χ1) is 8.27. The monoisotopic (exact) mass is 236 g/mol. The van der Waals surface area contributed by atoms with E-state index in [9.17, 15) is 4.79 Å². The molecule has 4 nitrogen and oxygen atoms in total. The molecule has 1 amide bonds. The Balaban J connectivity index is 2.31. The van der Waals surface area contributed by atoms with Gasteiger partial charge < -0.3 is 15.4 Å². The predicted octanol–water partition coefficient (Wildman–Crippen LogP) is 1.42. The van der Waals surface area contributed by atoms with E-state index in [-0.39, 0.29) is 5.91 Å². The maximum absolute atomic E-state index is 11.7. The molecule has 1 aromatic carbocycles. The van der Waals surface area contributed by atoms with Crippen LogP contribution in [0.5, 0.6) is 5.75 Å². The van der Waals surface area contributed by atoms with Crippen LogP contribution in [0.2, 0.25) is 0 Å². The number of rotatable bonds is 7. The van der Waals surface area contributed by atoms with E-state index in [4.69, 9.17) is 4.74 Å². The van der Waals surface area contributed by atoms with Gasteiger partial charge in [-0.05, 0) is 37.2 Å². The first kappa shape index (κ1) is 13.5. The molecular weight excluding hydrogens is 216 g/mol. The molecule has 1 rings (SSSR count). The van der Waals surface area contributed by atoms with Crippen LogP contribution in [-0.4, -0.2) is 32.7 Å². The Labute approximate surface area is 102 Å². The summed E-state index contributed by atoms with van der Waals surface area (Å²) in [4.78, 5) is 11.7. The van der Waals surface area contributed by atoms with Crippen molar-refractivity contribution in [3.05, 3.63) is 29.8 Å². The summed E-state index contributed by atoms with van der Waals surface area (Å²) in [6, 6.07) is 7.08. The van der Waals surface area contributed by atoms with E-state index in [0.717, 1.165) is 25.3 Å². The van der Waals surface area contributed by atoms with Gasteiger partial charge in [0.1, 0.15) is 5.75 Å². The lowest BCUT2D eigenvalue weighted by Gasteiger charge is -2.06. The van der Waals surface area contributed by atoms with E-state index in [1.54, 1.807) is 31.4 Å². The molecule has 0 saturated heterocycles. The molecule has 94 valence electrons. The van der Waals surface area contributed by atoms with Gasteiger partial charge in [0.2, 0.25) is 0 Å². The molecule has 0 radical (unpaired) electrons. The Morgan fingerprint density at radius 1 is 1.18 bits per heavy atom. The second-order valence-electron chi connectivity index (χ2n) is 3.73. The molecular formula is C13H20N2O2. The highest BCUT2D eigenvalue weighted by molar-refractivity contribution is 5.94. The van der Waals surface area contributed by atoms with Gasteiger partial charge in [-0.2, -0.15) is 0 Å². The maximum atomic E-state index is 11.7. The summed E-state index contributed by atoms with van der Waals surface area (Å²) in [5.41, 5.74) is 0.654. The second-order valence-corrected chi connectivity index (χ2v) is 3.73. The molecule has 0 aromatic heterocycles. The zero-order chi connectivity index (χ0) is 12.5. The van der Waals surface area contributed by atoms with E-state index in [1.165, 1.54) is 0 Å². The van der Waals surface area contributed by atoms with Gasteiger partial charge in [0.05, 0.1) is 7.11 Å². The largest absolute Gasteiger partial charge is 0.497 e. The van der Waals surface area contributed by atoms with Crippen LogP contribution in [0.15, 0.2) is 24.3 Å². The number of hydrogen-bond donors (Lipinski definition) is 2. The lowest BCUT2D eigenvalue weighted by atomic mass is 10.2. The summed E-state index contributed by atoms with van der Waals surface area (Å²) in [6.07, 6.45) is 1.10. The van der Waals surface area contributed by atoms with Crippen molar-refractivity contribution in [2.75, 3.05) is 26.7 Å². The smallest absolute Gasteiger partial charge is 0.251 e. The molecule has 4 heteroatoms. The summed E-state index contributed by atoms with van der Waals surface area (Å²) in [6.45, 7) is 4.54. The van der Waals surface area contributed by atoms with E-state index in [0.29, 0.717) is 12.1 Å². The number of hydrogen-bond acceptors (Lipinski definition) is 3. The summed E-state index contributed by atoms with van der Waals surface area (Å²) < 4.78 is 5.03. The minimum Gasteiger partial charge on any atom is -0.497 e. The van der Waals surface area contributed by atoms with Crippen molar-refractivity contribution in [3.63, 3.8) is 0 Å². The fourth-order valence-electron chi connectivity index (χ4n) is 1.41. The standard InChI is InChI=1S/C13H20N2O2/c1-3-8-14-9-10-15-13(16)11-4-6-12(17-2)7-5-11/h4-7,14H,3,8-10H2,1-2H3,(H,15,16). The summed E-state index contributed by atoms with van der Waals surface area (Å²) in [5, 5.41) is 6.08. The molecule has 0 aliphatic rings. The molecule has 0 aliphatic heterocycles. The van der Waals surface area contributed by atoms with Crippen LogP contribution in [0.1, 0.15) is 23.7 Å². The van der Waals surface area contributed by atoms with Gasteiger partial charge in [-0.25, -0.2) is 0 Å². The molecule has 0 spiro atoms. The third kappa shape index (κ3) is 4.87. The number of methoxy groups -OCH3 is 1. The van der Waals surface area contributed by atoms with E-state index in [1.807, 2.05) is 0 Å². The minimum atomic E-state index is -0.0500. The van der Waals surface area contributed by atoms with E-state index in [2.05, 4.69) is 17.6 Å². The minimum absolute atomic E-state index is 0.0500. The van der Waals surface area contributed by atoms with Crippen LogP contribution in [0.3, 0.4) is 0 Å². The number of benzene rings is 1. The van der Waals surface area contributed by atoms with Crippen molar-refractivity contribution < 1.29 is 9.53 Å². The quantitative estimate of drug-likeness (QED) is 0.704. The first-order valence-corrected chi connectivity index (χ1v) is 5.91. The third-order valence-electron chi connectivity index (χ3n) is 2.37. The van der Waals surface area contributed by atoms with Crippen LogP contribution in [0.4, 0.5) is 0 Å². The SMILES string of the molecule is CCCNCCNC(=O)c1ccc(OC)cc1. The van der Waals surface area contributed by atoms with Gasteiger partial charge in [0.25, 0.3) is 5.91 Å².